The van der Waals surface area contributed by atoms with E-state index in [2.05, 4.69) is 100 Å². The van der Waals surface area contributed by atoms with Crippen molar-refractivity contribution < 1.29 is 18.9 Å². The fraction of sp³-hybridized carbons (Fsp3) is 0.550. The Morgan fingerprint density at radius 3 is 1.75 bits per heavy atom. The van der Waals surface area contributed by atoms with Crippen LogP contribution < -0.4 is 9.47 Å². The van der Waals surface area contributed by atoms with Gasteiger partial charge in [0.2, 0.25) is 6.29 Å². The van der Waals surface area contributed by atoms with Gasteiger partial charge in [-0.3, -0.25) is 0 Å². The largest absolute Gasteiger partial charge is 0.494 e. The summed E-state index contributed by atoms with van der Waals surface area (Å²) in [6.07, 6.45) is 14.6. The number of benzene rings is 3. The fourth-order valence-corrected chi connectivity index (χ4v) is 5.39. The van der Waals surface area contributed by atoms with Gasteiger partial charge in [-0.2, -0.15) is 0 Å². The highest BCUT2D eigenvalue weighted by atomic mass is 16.7. The number of unbranched alkanes of at least 4 members (excludes halogenated alkanes) is 9. The molecule has 0 aliphatic rings. The second kappa shape index (κ2) is 21.8. The van der Waals surface area contributed by atoms with E-state index in [0.717, 1.165) is 74.4 Å². The van der Waals surface area contributed by atoms with E-state index in [4.69, 9.17) is 18.9 Å². The first-order chi connectivity index (χ1) is 21.7. The molecule has 0 spiro atoms. The summed E-state index contributed by atoms with van der Waals surface area (Å²) in [6.45, 7) is 11.0. The Bertz CT molecular complexity index is 1130. The lowest BCUT2D eigenvalue weighted by Gasteiger charge is -2.28. The molecule has 44 heavy (non-hydrogen) atoms. The van der Waals surface area contributed by atoms with Crippen molar-refractivity contribution in [2.24, 2.45) is 0 Å². The van der Waals surface area contributed by atoms with Gasteiger partial charge in [0.1, 0.15) is 17.6 Å². The smallest absolute Gasteiger partial charge is 0.226 e. The Kier molecular flexibility index (Phi) is 17.7. The third-order valence-electron chi connectivity index (χ3n) is 8.08. The zero-order chi connectivity index (χ0) is 31.2. The van der Waals surface area contributed by atoms with E-state index in [0.29, 0.717) is 6.61 Å². The van der Waals surface area contributed by atoms with Crippen LogP contribution in [0, 0.1) is 0 Å². The lowest BCUT2D eigenvalue weighted by atomic mass is 9.94. The Labute approximate surface area is 268 Å². The first-order valence-electron chi connectivity index (χ1n) is 17.5. The molecule has 3 aromatic rings. The molecule has 0 radical (unpaired) electrons. The highest BCUT2D eigenvalue weighted by molar-refractivity contribution is 5.84. The van der Waals surface area contributed by atoms with Gasteiger partial charge < -0.3 is 18.9 Å². The number of rotatable bonds is 24. The van der Waals surface area contributed by atoms with Gasteiger partial charge in [-0.1, -0.05) is 134 Å². The quantitative estimate of drug-likeness (QED) is 0.0755. The van der Waals surface area contributed by atoms with Crippen LogP contribution in [-0.4, -0.2) is 32.2 Å². The molecule has 0 heterocycles. The molecule has 0 amide bonds. The summed E-state index contributed by atoms with van der Waals surface area (Å²) in [7, 11) is 0. The van der Waals surface area contributed by atoms with Gasteiger partial charge >= 0.3 is 0 Å². The Morgan fingerprint density at radius 2 is 1.07 bits per heavy atom. The fourth-order valence-electron chi connectivity index (χ4n) is 5.39. The highest BCUT2D eigenvalue weighted by Crippen LogP contribution is 2.36. The number of hydrogen-bond donors (Lipinski definition) is 0. The summed E-state index contributed by atoms with van der Waals surface area (Å²) >= 11 is 0. The molecule has 4 nitrogen and oxygen atoms in total. The molecule has 0 fully saturated rings. The standard InChI is InChI=1S/C40H58O4/c1-5-9-12-13-14-20-29-41-35-25-23-34(24-26-35)38-32-36(27-28-37(38)33-21-16-15-17-22-33)44-40(43-31-19-11-7-3)39(8-4)42-30-18-10-6-2/h15-17,21-28,32,39-40H,5-14,18-20,29-31H2,1-4H3/t39-,40+/m0/s1. The Balaban J connectivity index is 1.79. The van der Waals surface area contributed by atoms with Crippen LogP contribution in [0.1, 0.15) is 111 Å². The molecule has 0 unspecified atom stereocenters. The van der Waals surface area contributed by atoms with E-state index in [1.54, 1.807) is 0 Å². The summed E-state index contributed by atoms with van der Waals surface area (Å²) in [4.78, 5) is 0. The summed E-state index contributed by atoms with van der Waals surface area (Å²) in [5.41, 5.74) is 4.60. The minimum absolute atomic E-state index is 0.117. The maximum absolute atomic E-state index is 6.61. The molecule has 4 heteroatoms. The summed E-state index contributed by atoms with van der Waals surface area (Å²) in [6, 6.07) is 25.4. The van der Waals surface area contributed by atoms with Gasteiger partial charge in [0.15, 0.2) is 0 Å². The van der Waals surface area contributed by atoms with Crippen LogP contribution in [-0.2, 0) is 9.47 Å². The van der Waals surface area contributed by atoms with Crippen molar-refractivity contribution in [3.63, 3.8) is 0 Å². The third-order valence-corrected chi connectivity index (χ3v) is 8.08. The van der Waals surface area contributed by atoms with E-state index in [9.17, 15) is 0 Å². The van der Waals surface area contributed by atoms with Crippen molar-refractivity contribution in [1.29, 1.82) is 0 Å². The summed E-state index contributed by atoms with van der Waals surface area (Å²) in [5.74, 6) is 1.71. The average molecular weight is 603 g/mol. The van der Waals surface area contributed by atoms with Gasteiger partial charge in [0.25, 0.3) is 0 Å². The van der Waals surface area contributed by atoms with Crippen LogP contribution in [0.5, 0.6) is 11.5 Å². The van der Waals surface area contributed by atoms with Gasteiger partial charge in [0, 0.05) is 6.61 Å². The highest BCUT2D eigenvalue weighted by Gasteiger charge is 2.24. The van der Waals surface area contributed by atoms with Gasteiger partial charge in [0.05, 0.1) is 13.2 Å². The molecule has 0 aliphatic carbocycles. The molecule has 3 rings (SSSR count). The van der Waals surface area contributed by atoms with E-state index < -0.39 is 6.29 Å². The van der Waals surface area contributed by atoms with Crippen LogP contribution in [0.15, 0.2) is 72.8 Å². The summed E-state index contributed by atoms with van der Waals surface area (Å²) in [5, 5.41) is 0. The summed E-state index contributed by atoms with van der Waals surface area (Å²) < 4.78 is 25.3. The lowest BCUT2D eigenvalue weighted by molar-refractivity contribution is -0.165. The Morgan fingerprint density at radius 1 is 0.500 bits per heavy atom. The molecule has 0 aromatic heterocycles. The van der Waals surface area contributed by atoms with Crippen LogP contribution in [0.3, 0.4) is 0 Å². The molecule has 0 saturated carbocycles. The predicted molar refractivity (Wildman–Crippen MR) is 186 cm³/mol. The Hall–Kier alpha value is -2.82. The van der Waals surface area contributed by atoms with E-state index in [-0.39, 0.29) is 6.10 Å². The van der Waals surface area contributed by atoms with Crippen molar-refractivity contribution in [3.05, 3.63) is 72.8 Å². The predicted octanol–water partition coefficient (Wildman–Crippen LogP) is 11.7. The first-order valence-corrected chi connectivity index (χ1v) is 17.5. The normalized spacial score (nSPS) is 12.6. The molecule has 0 aliphatic heterocycles. The van der Waals surface area contributed by atoms with Gasteiger partial charge in [-0.25, -0.2) is 0 Å². The second-order valence-corrected chi connectivity index (χ2v) is 11.8. The van der Waals surface area contributed by atoms with E-state index >= 15 is 0 Å². The molecular formula is C40H58O4. The zero-order valence-corrected chi connectivity index (χ0v) is 28.0. The molecule has 3 aromatic carbocycles. The lowest BCUT2D eigenvalue weighted by Crippen LogP contribution is -2.37. The molecule has 0 saturated heterocycles. The van der Waals surface area contributed by atoms with Crippen molar-refractivity contribution in [2.75, 3.05) is 19.8 Å². The van der Waals surface area contributed by atoms with Crippen molar-refractivity contribution in [1.82, 2.24) is 0 Å². The number of hydrogen-bond acceptors (Lipinski definition) is 4. The van der Waals surface area contributed by atoms with Crippen LogP contribution >= 0.6 is 0 Å². The van der Waals surface area contributed by atoms with E-state index in [1.807, 2.05) is 0 Å². The molecule has 0 bridgehead atoms. The monoisotopic (exact) mass is 602 g/mol. The van der Waals surface area contributed by atoms with E-state index in [1.165, 1.54) is 56.1 Å². The average Bonchev–Trinajstić information content (AvgIpc) is 3.06. The van der Waals surface area contributed by atoms with Crippen LogP contribution in [0.25, 0.3) is 22.3 Å². The minimum Gasteiger partial charge on any atom is -0.494 e. The SMILES string of the molecule is CCCCCCCCOc1ccc(-c2cc(O[C@@H](OCCCCC)[C@H](CC)OCCCCC)ccc2-c2ccccc2)cc1. The second-order valence-electron chi connectivity index (χ2n) is 11.8. The maximum Gasteiger partial charge on any atom is 0.226 e. The topological polar surface area (TPSA) is 36.9 Å². The van der Waals surface area contributed by atoms with Gasteiger partial charge in [-0.05, 0) is 72.2 Å². The molecular weight excluding hydrogens is 544 g/mol. The minimum atomic E-state index is -0.452. The third kappa shape index (κ3) is 12.7. The van der Waals surface area contributed by atoms with Crippen molar-refractivity contribution in [2.45, 2.75) is 124 Å². The molecule has 2 atom stereocenters. The van der Waals surface area contributed by atoms with Crippen molar-refractivity contribution in [3.8, 4) is 33.8 Å². The zero-order valence-electron chi connectivity index (χ0n) is 28.0. The van der Waals surface area contributed by atoms with Crippen LogP contribution in [0.2, 0.25) is 0 Å². The maximum atomic E-state index is 6.61. The van der Waals surface area contributed by atoms with Crippen LogP contribution in [0.4, 0.5) is 0 Å². The van der Waals surface area contributed by atoms with Gasteiger partial charge in [-0.15, -0.1) is 0 Å². The van der Waals surface area contributed by atoms with Crippen molar-refractivity contribution >= 4 is 0 Å². The number of ether oxygens (including phenoxy) is 4. The molecule has 242 valence electrons. The first kappa shape index (κ1) is 35.7. The molecule has 0 N–H and O–H groups in total.